The number of methoxy groups -OCH3 is 1. The number of likely N-dealkylation sites (N-methyl/N-ethyl adjacent to an activating group) is 1. The minimum Gasteiger partial charge on any atom is -0.496 e. The molecular formula is C19H24N2O2. The highest BCUT2D eigenvalue weighted by Crippen LogP contribution is 2.17. The van der Waals surface area contributed by atoms with E-state index in [1.54, 1.807) is 12.0 Å². The van der Waals surface area contributed by atoms with Gasteiger partial charge in [0.25, 0.3) is 0 Å². The van der Waals surface area contributed by atoms with Crippen molar-refractivity contribution in [3.63, 3.8) is 0 Å². The summed E-state index contributed by atoms with van der Waals surface area (Å²) in [5.41, 5.74) is 2.08. The molecule has 1 N–H and O–H groups in total. The van der Waals surface area contributed by atoms with Gasteiger partial charge >= 0.3 is 0 Å². The number of carbonyl (C=O) groups excluding carboxylic acids is 1. The third-order valence-electron chi connectivity index (χ3n) is 3.73. The first-order valence-corrected chi connectivity index (χ1v) is 7.94. The second-order valence-corrected chi connectivity index (χ2v) is 5.21. The quantitative estimate of drug-likeness (QED) is 0.762. The second-order valence-electron chi connectivity index (χ2n) is 5.21. The Kier molecular flexibility index (Phi) is 6.63. The summed E-state index contributed by atoms with van der Waals surface area (Å²) in [6.45, 7) is 3.72. The van der Waals surface area contributed by atoms with Gasteiger partial charge < -0.3 is 15.0 Å². The molecule has 0 aliphatic heterocycles. The number of para-hydroxylation sites is 2. The van der Waals surface area contributed by atoms with Crippen LogP contribution in [0.4, 0.5) is 5.69 Å². The molecule has 0 aliphatic carbocycles. The Hall–Kier alpha value is -2.33. The Morgan fingerprint density at radius 2 is 1.78 bits per heavy atom. The van der Waals surface area contributed by atoms with Crippen LogP contribution in [0.2, 0.25) is 0 Å². The number of nitrogens with one attached hydrogen (secondary N) is 1. The molecule has 2 rings (SSSR count). The summed E-state index contributed by atoms with van der Waals surface area (Å²) in [6, 6.07) is 17.7. The van der Waals surface area contributed by atoms with Gasteiger partial charge in [0.15, 0.2) is 0 Å². The van der Waals surface area contributed by atoms with Gasteiger partial charge in [-0.25, -0.2) is 0 Å². The van der Waals surface area contributed by atoms with Crippen molar-refractivity contribution in [3.8, 4) is 5.75 Å². The molecule has 4 nitrogen and oxygen atoms in total. The normalized spacial score (nSPS) is 10.3. The van der Waals surface area contributed by atoms with E-state index in [9.17, 15) is 4.79 Å². The molecule has 0 atom stereocenters. The van der Waals surface area contributed by atoms with Gasteiger partial charge in [-0.15, -0.1) is 0 Å². The minimum absolute atomic E-state index is 0.0822. The van der Waals surface area contributed by atoms with E-state index in [4.69, 9.17) is 4.74 Å². The Morgan fingerprint density at radius 1 is 1.09 bits per heavy atom. The molecule has 1 amide bonds. The molecule has 0 aliphatic rings. The zero-order valence-electron chi connectivity index (χ0n) is 13.8. The Balaban J connectivity index is 1.82. The van der Waals surface area contributed by atoms with Crippen molar-refractivity contribution in [3.05, 3.63) is 60.2 Å². The predicted octanol–water partition coefficient (Wildman–Crippen LogP) is 2.88. The number of carbonyl (C=O) groups is 1. The molecule has 0 bridgehead atoms. The maximum absolute atomic E-state index is 12.3. The highest BCUT2D eigenvalue weighted by atomic mass is 16.5. The summed E-state index contributed by atoms with van der Waals surface area (Å²) in [7, 11) is 1.68. The van der Waals surface area contributed by atoms with Crippen LogP contribution in [-0.2, 0) is 11.2 Å². The van der Waals surface area contributed by atoms with Crippen molar-refractivity contribution < 1.29 is 9.53 Å². The topological polar surface area (TPSA) is 41.6 Å². The fraction of sp³-hybridized carbons (Fsp3) is 0.316. The van der Waals surface area contributed by atoms with E-state index in [2.05, 4.69) is 5.32 Å². The first-order chi connectivity index (χ1) is 11.3. The van der Waals surface area contributed by atoms with E-state index in [0.717, 1.165) is 30.0 Å². The van der Waals surface area contributed by atoms with Crippen molar-refractivity contribution in [2.45, 2.75) is 13.3 Å². The van der Waals surface area contributed by atoms with Crippen LogP contribution < -0.4 is 15.0 Å². The van der Waals surface area contributed by atoms with Crippen molar-refractivity contribution in [1.82, 2.24) is 5.32 Å². The third kappa shape index (κ3) is 4.83. The molecule has 2 aromatic rings. The minimum atomic E-state index is 0.0822. The smallest absolute Gasteiger partial charge is 0.240 e. The number of rotatable bonds is 8. The fourth-order valence-corrected chi connectivity index (χ4v) is 2.53. The van der Waals surface area contributed by atoms with Crippen LogP contribution in [0.5, 0.6) is 5.75 Å². The number of hydrogen-bond acceptors (Lipinski definition) is 3. The number of anilines is 1. The average molecular weight is 312 g/mol. The van der Waals surface area contributed by atoms with E-state index < -0.39 is 0 Å². The molecular weight excluding hydrogens is 288 g/mol. The Morgan fingerprint density at radius 3 is 2.48 bits per heavy atom. The lowest BCUT2D eigenvalue weighted by atomic mass is 10.1. The van der Waals surface area contributed by atoms with E-state index in [1.165, 1.54) is 0 Å². The molecule has 0 fully saturated rings. The first-order valence-electron chi connectivity index (χ1n) is 7.94. The molecule has 0 unspecified atom stereocenters. The molecule has 4 heteroatoms. The molecule has 0 saturated carbocycles. The largest absolute Gasteiger partial charge is 0.496 e. The zero-order chi connectivity index (χ0) is 16.5. The standard InChI is InChI=1S/C19H24N2O2/c1-3-21(17-10-5-4-6-11-17)19(22)15-20-14-13-16-9-7-8-12-18(16)23-2/h4-12,20H,3,13-15H2,1-2H3. The highest BCUT2D eigenvalue weighted by Gasteiger charge is 2.12. The lowest BCUT2D eigenvalue weighted by Gasteiger charge is -2.21. The predicted molar refractivity (Wildman–Crippen MR) is 94.0 cm³/mol. The fourth-order valence-electron chi connectivity index (χ4n) is 2.53. The summed E-state index contributed by atoms with van der Waals surface area (Å²) in [6.07, 6.45) is 0.828. The highest BCUT2D eigenvalue weighted by molar-refractivity contribution is 5.94. The number of ether oxygens (including phenoxy) is 1. The van der Waals surface area contributed by atoms with Gasteiger partial charge in [0, 0.05) is 12.2 Å². The van der Waals surface area contributed by atoms with Gasteiger partial charge in [0.05, 0.1) is 13.7 Å². The maximum atomic E-state index is 12.3. The van der Waals surface area contributed by atoms with Gasteiger partial charge in [-0.2, -0.15) is 0 Å². The lowest BCUT2D eigenvalue weighted by Crippen LogP contribution is -2.38. The van der Waals surface area contributed by atoms with E-state index in [1.807, 2.05) is 61.5 Å². The summed E-state index contributed by atoms with van der Waals surface area (Å²) in [5, 5.41) is 3.22. The van der Waals surface area contributed by atoms with Crippen LogP contribution in [0.3, 0.4) is 0 Å². The number of amides is 1. The summed E-state index contributed by atoms with van der Waals surface area (Å²) in [5.74, 6) is 0.971. The third-order valence-corrected chi connectivity index (χ3v) is 3.73. The summed E-state index contributed by atoms with van der Waals surface area (Å²) < 4.78 is 5.33. The van der Waals surface area contributed by atoms with Crippen LogP contribution in [0, 0.1) is 0 Å². The molecule has 0 spiro atoms. The van der Waals surface area contributed by atoms with Crippen molar-refractivity contribution in [1.29, 1.82) is 0 Å². The molecule has 2 aromatic carbocycles. The van der Waals surface area contributed by atoms with Crippen molar-refractivity contribution >= 4 is 11.6 Å². The zero-order valence-corrected chi connectivity index (χ0v) is 13.8. The number of hydrogen-bond donors (Lipinski definition) is 1. The monoisotopic (exact) mass is 312 g/mol. The number of benzene rings is 2. The van der Waals surface area contributed by atoms with Crippen LogP contribution in [0.15, 0.2) is 54.6 Å². The summed E-state index contributed by atoms with van der Waals surface area (Å²) >= 11 is 0. The van der Waals surface area contributed by atoms with Gasteiger partial charge in [-0.05, 0) is 43.7 Å². The van der Waals surface area contributed by atoms with Crippen molar-refractivity contribution in [2.75, 3.05) is 31.6 Å². The second kappa shape index (κ2) is 8.96. The SMILES string of the molecule is CCN(C(=O)CNCCc1ccccc1OC)c1ccccc1. The van der Waals surface area contributed by atoms with E-state index >= 15 is 0 Å². The van der Waals surface area contributed by atoms with Gasteiger partial charge in [-0.1, -0.05) is 36.4 Å². The van der Waals surface area contributed by atoms with Crippen LogP contribution in [0.1, 0.15) is 12.5 Å². The van der Waals surface area contributed by atoms with Crippen molar-refractivity contribution in [2.24, 2.45) is 0 Å². The molecule has 0 aromatic heterocycles. The molecule has 122 valence electrons. The van der Waals surface area contributed by atoms with Crippen LogP contribution >= 0.6 is 0 Å². The van der Waals surface area contributed by atoms with Crippen LogP contribution in [-0.4, -0.2) is 32.7 Å². The van der Waals surface area contributed by atoms with Gasteiger partial charge in [0.1, 0.15) is 5.75 Å². The molecule has 23 heavy (non-hydrogen) atoms. The molecule has 0 saturated heterocycles. The van der Waals surface area contributed by atoms with E-state index in [-0.39, 0.29) is 5.91 Å². The Bertz CT molecular complexity index is 614. The van der Waals surface area contributed by atoms with Gasteiger partial charge in [-0.3, -0.25) is 4.79 Å². The first kappa shape index (κ1) is 17.0. The molecule has 0 radical (unpaired) electrons. The lowest BCUT2D eigenvalue weighted by molar-refractivity contribution is -0.117. The van der Waals surface area contributed by atoms with E-state index in [0.29, 0.717) is 13.1 Å². The summed E-state index contributed by atoms with van der Waals surface area (Å²) in [4.78, 5) is 14.1. The molecule has 0 heterocycles. The maximum Gasteiger partial charge on any atom is 0.240 e. The Labute approximate surface area is 138 Å². The van der Waals surface area contributed by atoms with Gasteiger partial charge in [0.2, 0.25) is 5.91 Å². The van der Waals surface area contributed by atoms with Crippen LogP contribution in [0.25, 0.3) is 0 Å². The number of nitrogens with zero attached hydrogens (tertiary/aromatic N) is 1. The average Bonchev–Trinajstić information content (AvgIpc) is 2.60.